The van der Waals surface area contributed by atoms with E-state index in [0.29, 0.717) is 0 Å². The van der Waals surface area contributed by atoms with Crippen LogP contribution in [0.2, 0.25) is 0 Å². The largest absolute Gasteiger partial charge is 0.310 e. The highest BCUT2D eigenvalue weighted by Crippen LogP contribution is 2.63. The molecule has 2 aliphatic rings. The lowest BCUT2D eigenvalue weighted by molar-refractivity contribution is 0.794. The Labute approximate surface area is 338 Å². The Hall–Kier alpha value is -7.48. The van der Waals surface area contributed by atoms with Gasteiger partial charge in [0, 0.05) is 17.1 Å². The molecule has 1 spiro atoms. The molecule has 2 aliphatic carbocycles. The van der Waals surface area contributed by atoms with Crippen LogP contribution in [0.3, 0.4) is 0 Å². The Kier molecular flexibility index (Phi) is 7.21. The minimum atomic E-state index is -0.367. The zero-order chi connectivity index (χ0) is 38.2. The number of rotatable bonds is 5. The van der Waals surface area contributed by atoms with Crippen LogP contribution < -0.4 is 4.90 Å². The Morgan fingerprint density at radius 1 is 0.259 bits per heavy atom. The highest BCUT2D eigenvalue weighted by molar-refractivity contribution is 6.08. The van der Waals surface area contributed by atoms with Gasteiger partial charge >= 0.3 is 0 Å². The van der Waals surface area contributed by atoms with Gasteiger partial charge in [0.1, 0.15) is 0 Å². The summed E-state index contributed by atoms with van der Waals surface area (Å²) in [5.41, 5.74) is 18.5. The molecule has 270 valence electrons. The van der Waals surface area contributed by atoms with Crippen LogP contribution in [0.5, 0.6) is 0 Å². The summed E-state index contributed by atoms with van der Waals surface area (Å²) in [6.07, 6.45) is 0. The van der Waals surface area contributed by atoms with Gasteiger partial charge in [0.25, 0.3) is 0 Å². The molecule has 0 aliphatic heterocycles. The minimum Gasteiger partial charge on any atom is -0.310 e. The van der Waals surface area contributed by atoms with Crippen molar-refractivity contribution in [3.05, 3.63) is 247 Å². The number of fused-ring (bicyclic) bond motifs is 13. The van der Waals surface area contributed by atoms with Gasteiger partial charge in [-0.1, -0.05) is 182 Å². The maximum atomic E-state index is 2.43. The van der Waals surface area contributed by atoms with E-state index >= 15 is 0 Å². The van der Waals surface area contributed by atoms with Crippen LogP contribution in [0.25, 0.3) is 66.1 Å². The van der Waals surface area contributed by atoms with E-state index in [9.17, 15) is 0 Å². The van der Waals surface area contributed by atoms with Crippen molar-refractivity contribution >= 4 is 38.6 Å². The molecule has 0 heterocycles. The number of hydrogen-bond acceptors (Lipinski definition) is 1. The molecular weight excluding hydrogens is 699 g/mol. The first kappa shape index (κ1) is 32.7. The van der Waals surface area contributed by atoms with Gasteiger partial charge in [-0.05, 0) is 131 Å². The molecule has 0 saturated heterocycles. The fraction of sp³-hybridized carbons (Fsp3) is 0.0175. The average Bonchev–Trinajstić information content (AvgIpc) is 3.77. The van der Waals surface area contributed by atoms with Crippen molar-refractivity contribution in [2.24, 2.45) is 0 Å². The molecule has 0 unspecified atom stereocenters. The van der Waals surface area contributed by atoms with E-state index in [1.54, 1.807) is 0 Å². The van der Waals surface area contributed by atoms with Gasteiger partial charge < -0.3 is 4.90 Å². The number of nitrogens with zero attached hydrogens (tertiary/aromatic N) is 1. The highest BCUT2D eigenvalue weighted by Gasteiger charge is 2.51. The lowest BCUT2D eigenvalue weighted by Gasteiger charge is -2.31. The molecule has 12 rings (SSSR count). The second-order valence-electron chi connectivity index (χ2n) is 15.6. The molecule has 0 fully saturated rings. The van der Waals surface area contributed by atoms with E-state index in [1.165, 1.54) is 88.3 Å². The quantitative estimate of drug-likeness (QED) is 0.159. The summed E-state index contributed by atoms with van der Waals surface area (Å²) in [5, 5.41) is 5.10. The summed E-state index contributed by atoms with van der Waals surface area (Å²) in [7, 11) is 0. The van der Waals surface area contributed by atoms with E-state index in [2.05, 4.69) is 229 Å². The summed E-state index contributed by atoms with van der Waals surface area (Å²) in [5.74, 6) is 0. The Morgan fingerprint density at radius 3 is 1.36 bits per heavy atom. The van der Waals surface area contributed by atoms with Gasteiger partial charge in [-0.3, -0.25) is 0 Å². The maximum Gasteiger partial charge on any atom is 0.0725 e. The zero-order valence-corrected chi connectivity index (χ0v) is 31.8. The first-order valence-electron chi connectivity index (χ1n) is 20.2. The summed E-state index contributed by atoms with van der Waals surface area (Å²) >= 11 is 0. The van der Waals surface area contributed by atoms with E-state index in [0.717, 1.165) is 17.1 Å². The first-order chi connectivity index (χ1) is 28.8. The standard InChI is InChI=1S/C57H37N/c1-2-12-38(13-3-1)39-24-29-44(30-25-39)58(45-31-26-40(27-32-45)42-28-34-48-43(36-42)23-22-41-14-4-5-15-47(41)48)46-33-35-56-52(37-46)51-18-8-11-21-55(51)57(56)53-19-9-6-16-49(53)50-17-7-10-20-54(50)57/h1-37H. The molecule has 0 aromatic heterocycles. The van der Waals surface area contributed by atoms with Crippen molar-refractivity contribution in [2.75, 3.05) is 4.90 Å². The predicted molar refractivity (Wildman–Crippen MR) is 243 cm³/mol. The molecule has 0 atom stereocenters. The third-order valence-electron chi connectivity index (χ3n) is 12.7. The van der Waals surface area contributed by atoms with Crippen molar-refractivity contribution in [2.45, 2.75) is 5.41 Å². The summed E-state index contributed by atoms with van der Waals surface area (Å²) < 4.78 is 0. The SMILES string of the molecule is c1ccc(-c2ccc(N(c3ccc(-c4ccc5c(ccc6ccccc65)c4)cc3)c3ccc4c(c3)-c3ccccc3C43c4ccccc4-c4ccccc43)cc2)cc1. The van der Waals surface area contributed by atoms with Crippen molar-refractivity contribution in [1.29, 1.82) is 0 Å². The first-order valence-corrected chi connectivity index (χ1v) is 20.2. The second-order valence-corrected chi connectivity index (χ2v) is 15.6. The molecule has 0 amide bonds. The molecular formula is C57H37N. The Morgan fingerprint density at radius 2 is 0.707 bits per heavy atom. The van der Waals surface area contributed by atoms with Gasteiger partial charge in [0.2, 0.25) is 0 Å². The number of hydrogen-bond donors (Lipinski definition) is 0. The van der Waals surface area contributed by atoms with Crippen LogP contribution in [-0.4, -0.2) is 0 Å². The molecule has 10 aromatic rings. The van der Waals surface area contributed by atoms with Crippen LogP contribution in [0.4, 0.5) is 17.1 Å². The summed E-state index contributed by atoms with van der Waals surface area (Å²) in [4.78, 5) is 2.41. The summed E-state index contributed by atoms with van der Waals surface area (Å²) in [6.45, 7) is 0. The maximum absolute atomic E-state index is 2.43. The van der Waals surface area contributed by atoms with Gasteiger partial charge in [0.05, 0.1) is 5.41 Å². The van der Waals surface area contributed by atoms with E-state index < -0.39 is 0 Å². The van der Waals surface area contributed by atoms with Crippen molar-refractivity contribution in [3.63, 3.8) is 0 Å². The van der Waals surface area contributed by atoms with Gasteiger partial charge in [0.15, 0.2) is 0 Å². The van der Waals surface area contributed by atoms with Crippen LogP contribution >= 0.6 is 0 Å². The lowest BCUT2D eigenvalue weighted by Crippen LogP contribution is -2.25. The molecule has 0 saturated carbocycles. The fourth-order valence-electron chi connectivity index (χ4n) is 10.1. The van der Waals surface area contributed by atoms with Gasteiger partial charge in [-0.25, -0.2) is 0 Å². The second kappa shape index (κ2) is 12.8. The molecule has 10 aromatic carbocycles. The van der Waals surface area contributed by atoms with E-state index in [-0.39, 0.29) is 5.41 Å². The van der Waals surface area contributed by atoms with Gasteiger partial charge in [-0.2, -0.15) is 0 Å². The van der Waals surface area contributed by atoms with Gasteiger partial charge in [-0.15, -0.1) is 0 Å². The molecule has 58 heavy (non-hydrogen) atoms. The Balaban J connectivity index is 1.01. The number of benzene rings is 10. The smallest absolute Gasteiger partial charge is 0.0725 e. The Bertz CT molecular complexity index is 3170. The highest BCUT2D eigenvalue weighted by atomic mass is 15.1. The molecule has 0 N–H and O–H groups in total. The lowest BCUT2D eigenvalue weighted by atomic mass is 9.70. The predicted octanol–water partition coefficient (Wildman–Crippen LogP) is 15.1. The van der Waals surface area contributed by atoms with Crippen LogP contribution in [0.15, 0.2) is 224 Å². The van der Waals surface area contributed by atoms with Crippen LogP contribution in [0, 0.1) is 0 Å². The van der Waals surface area contributed by atoms with Crippen molar-refractivity contribution in [3.8, 4) is 44.5 Å². The van der Waals surface area contributed by atoms with Crippen LogP contribution in [-0.2, 0) is 5.41 Å². The third kappa shape index (κ3) is 4.77. The van der Waals surface area contributed by atoms with Crippen LogP contribution in [0.1, 0.15) is 22.3 Å². The van der Waals surface area contributed by atoms with E-state index in [1.807, 2.05) is 0 Å². The molecule has 0 radical (unpaired) electrons. The third-order valence-corrected chi connectivity index (χ3v) is 12.7. The molecule has 0 bridgehead atoms. The normalized spacial score (nSPS) is 13.0. The fourth-order valence-corrected chi connectivity index (χ4v) is 10.1. The monoisotopic (exact) mass is 735 g/mol. The topological polar surface area (TPSA) is 3.24 Å². The van der Waals surface area contributed by atoms with Crippen molar-refractivity contribution < 1.29 is 0 Å². The molecule has 1 heteroatoms. The average molecular weight is 736 g/mol. The van der Waals surface area contributed by atoms with Crippen molar-refractivity contribution in [1.82, 2.24) is 0 Å². The zero-order valence-electron chi connectivity index (χ0n) is 31.8. The minimum absolute atomic E-state index is 0.367. The molecule has 1 nitrogen and oxygen atoms in total. The summed E-state index contributed by atoms with van der Waals surface area (Å²) in [6, 6.07) is 83.0. The number of anilines is 3. The van der Waals surface area contributed by atoms with E-state index in [4.69, 9.17) is 0 Å².